The van der Waals surface area contributed by atoms with Crippen LogP contribution in [0, 0.1) is 5.92 Å². The Morgan fingerprint density at radius 3 is 2.53 bits per heavy atom. The Kier molecular flexibility index (Phi) is 8.30. The molecule has 5 nitrogen and oxygen atoms in total. The average molecular weight is 437 g/mol. The summed E-state index contributed by atoms with van der Waals surface area (Å²) in [6.07, 6.45) is 10.9. The van der Waals surface area contributed by atoms with Crippen molar-refractivity contribution in [3.63, 3.8) is 0 Å². The summed E-state index contributed by atoms with van der Waals surface area (Å²) in [5, 5.41) is 0. The lowest BCUT2D eigenvalue weighted by molar-refractivity contribution is -0.0762. The normalized spacial score (nSPS) is 19.5. The van der Waals surface area contributed by atoms with Crippen molar-refractivity contribution in [3.05, 3.63) is 65.5 Å². The smallest absolute Gasteiger partial charge is 0.338 e. The summed E-state index contributed by atoms with van der Waals surface area (Å²) in [6.45, 7) is 4.94. The van der Waals surface area contributed by atoms with Gasteiger partial charge in [-0.1, -0.05) is 49.6 Å². The second-order valence-corrected chi connectivity index (χ2v) is 9.10. The van der Waals surface area contributed by atoms with Gasteiger partial charge < -0.3 is 9.47 Å². The monoisotopic (exact) mass is 436 g/mol. The molecule has 5 heteroatoms. The van der Waals surface area contributed by atoms with Crippen LogP contribution in [-0.4, -0.2) is 41.7 Å². The fourth-order valence-corrected chi connectivity index (χ4v) is 5.09. The van der Waals surface area contributed by atoms with Crippen LogP contribution in [0.1, 0.15) is 79.6 Å². The summed E-state index contributed by atoms with van der Waals surface area (Å²) in [5.74, 6) is 0.358. The predicted molar refractivity (Wildman–Crippen MR) is 125 cm³/mol. The molecule has 1 saturated carbocycles. The zero-order valence-corrected chi connectivity index (χ0v) is 19.2. The van der Waals surface area contributed by atoms with Crippen molar-refractivity contribution in [2.24, 2.45) is 5.92 Å². The summed E-state index contributed by atoms with van der Waals surface area (Å²) < 4.78 is 11.9. The molecule has 1 atom stereocenters. The van der Waals surface area contributed by atoms with Gasteiger partial charge in [0.15, 0.2) is 0 Å². The van der Waals surface area contributed by atoms with Gasteiger partial charge in [-0.3, -0.25) is 9.88 Å². The molecule has 0 spiro atoms. The Hall–Kier alpha value is -2.24. The second kappa shape index (κ2) is 11.6. The fraction of sp³-hybridized carbons (Fsp3) is 0.556. The van der Waals surface area contributed by atoms with Crippen LogP contribution in [0.25, 0.3) is 0 Å². The highest BCUT2D eigenvalue weighted by Crippen LogP contribution is 2.38. The Bertz CT molecular complexity index is 843. The highest BCUT2D eigenvalue weighted by molar-refractivity contribution is 5.89. The van der Waals surface area contributed by atoms with Crippen molar-refractivity contribution in [2.75, 3.05) is 19.7 Å². The molecule has 0 amide bonds. The van der Waals surface area contributed by atoms with E-state index in [1.54, 1.807) is 12.3 Å². The summed E-state index contributed by atoms with van der Waals surface area (Å²) in [6, 6.07) is 14.4. The van der Waals surface area contributed by atoms with Crippen molar-refractivity contribution in [2.45, 2.75) is 70.6 Å². The predicted octanol–water partition coefficient (Wildman–Crippen LogP) is 5.56. The maximum atomic E-state index is 12.0. The molecule has 0 bridgehead atoms. The second-order valence-electron chi connectivity index (χ2n) is 9.10. The minimum atomic E-state index is -0.280. The molecule has 1 aromatic heterocycles. The molecule has 1 aromatic carbocycles. The summed E-state index contributed by atoms with van der Waals surface area (Å²) >= 11 is 0. The molecule has 1 aliphatic carbocycles. The fourth-order valence-electron chi connectivity index (χ4n) is 5.09. The number of carbonyl (C=O) groups excluding carboxylic acids is 1. The highest BCUT2D eigenvalue weighted by atomic mass is 16.5. The Morgan fingerprint density at radius 1 is 1.06 bits per heavy atom. The molecule has 1 saturated heterocycles. The van der Waals surface area contributed by atoms with Crippen molar-refractivity contribution < 1.29 is 14.3 Å². The first kappa shape index (κ1) is 22.9. The van der Waals surface area contributed by atoms with Crippen LogP contribution in [0.3, 0.4) is 0 Å². The number of esters is 1. The number of aromatic nitrogens is 1. The van der Waals surface area contributed by atoms with Crippen molar-refractivity contribution in [3.8, 4) is 0 Å². The molecular formula is C27H36N2O3. The zero-order chi connectivity index (χ0) is 22.2. The van der Waals surface area contributed by atoms with Crippen LogP contribution in [0.2, 0.25) is 0 Å². The van der Waals surface area contributed by atoms with Gasteiger partial charge >= 0.3 is 5.97 Å². The number of pyridine rings is 1. The van der Waals surface area contributed by atoms with Gasteiger partial charge in [0, 0.05) is 25.8 Å². The van der Waals surface area contributed by atoms with E-state index in [0.717, 1.165) is 38.2 Å². The molecule has 0 radical (unpaired) electrons. The third kappa shape index (κ3) is 6.17. The number of rotatable bonds is 8. The largest absolute Gasteiger partial charge is 0.462 e. The molecular weight excluding hydrogens is 400 g/mol. The number of ether oxygens (including phenoxy) is 2. The lowest BCUT2D eigenvalue weighted by Crippen LogP contribution is -2.38. The van der Waals surface area contributed by atoms with Crippen LogP contribution in [-0.2, 0) is 16.0 Å². The Morgan fingerprint density at radius 2 is 1.81 bits per heavy atom. The third-order valence-corrected chi connectivity index (χ3v) is 6.79. The number of nitrogens with zero attached hydrogens (tertiary/aromatic N) is 2. The molecule has 1 aliphatic heterocycles. The van der Waals surface area contributed by atoms with Crippen molar-refractivity contribution >= 4 is 5.97 Å². The first-order valence-electron chi connectivity index (χ1n) is 12.3. The quantitative estimate of drug-likeness (QED) is 0.507. The van der Waals surface area contributed by atoms with E-state index < -0.39 is 0 Å². The first-order chi connectivity index (χ1) is 15.7. The number of hydrogen-bond donors (Lipinski definition) is 0. The number of hydrogen-bond acceptors (Lipinski definition) is 5. The highest BCUT2D eigenvalue weighted by Gasteiger charge is 2.30. The molecule has 2 fully saturated rings. The molecule has 0 N–H and O–H groups in total. The summed E-state index contributed by atoms with van der Waals surface area (Å²) in [7, 11) is 0. The van der Waals surface area contributed by atoms with E-state index in [2.05, 4.69) is 40.2 Å². The van der Waals surface area contributed by atoms with Crippen LogP contribution in [0.4, 0.5) is 0 Å². The van der Waals surface area contributed by atoms with E-state index >= 15 is 0 Å². The van der Waals surface area contributed by atoms with E-state index in [-0.39, 0.29) is 12.1 Å². The molecule has 32 heavy (non-hydrogen) atoms. The average Bonchev–Trinajstić information content (AvgIpc) is 2.85. The van der Waals surface area contributed by atoms with Gasteiger partial charge in [-0.15, -0.1) is 0 Å². The lowest BCUT2D eigenvalue weighted by atomic mass is 9.82. The molecule has 2 aromatic rings. The topological polar surface area (TPSA) is 51.7 Å². The van der Waals surface area contributed by atoms with E-state index in [1.807, 2.05) is 13.0 Å². The van der Waals surface area contributed by atoms with Crippen molar-refractivity contribution in [1.82, 2.24) is 9.88 Å². The van der Waals surface area contributed by atoms with E-state index in [1.165, 1.54) is 37.7 Å². The minimum Gasteiger partial charge on any atom is -0.462 e. The number of piperidine rings is 1. The van der Waals surface area contributed by atoms with Crippen LogP contribution >= 0.6 is 0 Å². The van der Waals surface area contributed by atoms with Gasteiger partial charge in [0.2, 0.25) is 0 Å². The van der Waals surface area contributed by atoms with Crippen LogP contribution in [0.5, 0.6) is 0 Å². The van der Waals surface area contributed by atoms with Gasteiger partial charge in [0.25, 0.3) is 0 Å². The van der Waals surface area contributed by atoms with Gasteiger partial charge in [-0.25, -0.2) is 4.79 Å². The van der Waals surface area contributed by atoms with E-state index in [4.69, 9.17) is 9.47 Å². The SMILES string of the molecule is CCOC(=O)c1ccnc(CN2CCC(OC(c3ccccc3)C3CCCCC3)CC2)c1. The van der Waals surface area contributed by atoms with Crippen LogP contribution in [0.15, 0.2) is 48.7 Å². The van der Waals surface area contributed by atoms with E-state index in [9.17, 15) is 4.79 Å². The maximum absolute atomic E-state index is 12.0. The number of likely N-dealkylation sites (tertiary alicyclic amines) is 1. The maximum Gasteiger partial charge on any atom is 0.338 e. The zero-order valence-electron chi connectivity index (χ0n) is 19.2. The van der Waals surface area contributed by atoms with Crippen molar-refractivity contribution in [1.29, 1.82) is 0 Å². The standard InChI is InChI=1S/C27H36N2O3/c1-2-31-27(30)23-13-16-28-24(19-23)20-29-17-14-25(15-18-29)32-26(21-9-5-3-6-10-21)22-11-7-4-8-12-22/h3,5-6,9-10,13,16,19,22,25-26H,2,4,7-8,11-12,14-15,17-18,20H2,1H3. The third-order valence-electron chi connectivity index (χ3n) is 6.79. The molecule has 2 heterocycles. The first-order valence-corrected chi connectivity index (χ1v) is 12.3. The number of carbonyl (C=O) groups is 1. The van der Waals surface area contributed by atoms with Gasteiger partial charge in [0.05, 0.1) is 30.1 Å². The molecule has 172 valence electrons. The summed E-state index contributed by atoms with van der Waals surface area (Å²) in [4.78, 5) is 18.9. The van der Waals surface area contributed by atoms with Gasteiger partial charge in [-0.2, -0.15) is 0 Å². The Labute approximate surface area is 192 Å². The van der Waals surface area contributed by atoms with Gasteiger partial charge in [0.1, 0.15) is 0 Å². The molecule has 4 rings (SSSR count). The van der Waals surface area contributed by atoms with E-state index in [0.29, 0.717) is 24.2 Å². The van der Waals surface area contributed by atoms with Gasteiger partial charge in [-0.05, 0) is 56.2 Å². The molecule has 2 aliphatic rings. The minimum absolute atomic E-state index is 0.218. The number of benzene rings is 1. The van der Waals surface area contributed by atoms with Crippen LogP contribution < -0.4 is 0 Å². The molecule has 1 unspecified atom stereocenters. The summed E-state index contributed by atoms with van der Waals surface area (Å²) in [5.41, 5.74) is 2.83. The Balaban J connectivity index is 1.32. The lowest BCUT2D eigenvalue weighted by Gasteiger charge is -2.37.